The third-order valence-corrected chi connectivity index (χ3v) is 3.09. The lowest BCUT2D eigenvalue weighted by Gasteiger charge is -2.28. The van der Waals surface area contributed by atoms with Gasteiger partial charge in [0.15, 0.2) is 6.61 Å². The number of carbonyl (C=O) groups is 1. The minimum absolute atomic E-state index is 0.0546. The summed E-state index contributed by atoms with van der Waals surface area (Å²) in [5, 5.41) is 2.91. The molecule has 2 heterocycles. The lowest BCUT2D eigenvalue weighted by atomic mass is 10.2. The molecule has 1 aliphatic heterocycles. The number of rotatable bonds is 3. The molecule has 0 radical (unpaired) electrons. The minimum Gasteiger partial charge on any atom is -0.482 e. The van der Waals surface area contributed by atoms with Gasteiger partial charge < -0.3 is 10.1 Å². The minimum atomic E-state index is -0.0804. The van der Waals surface area contributed by atoms with Crippen molar-refractivity contribution in [3.63, 3.8) is 0 Å². The van der Waals surface area contributed by atoms with Crippen LogP contribution in [0, 0.1) is 0 Å². The molecule has 0 spiro atoms. The van der Waals surface area contributed by atoms with Gasteiger partial charge in [-0.1, -0.05) is 12.1 Å². The smallest absolute Gasteiger partial charge is 0.265 e. The highest BCUT2D eigenvalue weighted by Gasteiger charge is 2.25. The highest BCUT2D eigenvalue weighted by Crippen LogP contribution is 2.32. The molecular formula is C14H14N4O2. The number of anilines is 2. The fraction of sp³-hybridized carbons (Fsp3) is 0.214. The average Bonchev–Trinajstić information content (AvgIpc) is 2.51. The van der Waals surface area contributed by atoms with Crippen LogP contribution in [0.5, 0.6) is 5.75 Å². The maximum absolute atomic E-state index is 12.0. The van der Waals surface area contributed by atoms with Gasteiger partial charge in [0.1, 0.15) is 11.6 Å². The first kappa shape index (κ1) is 12.4. The van der Waals surface area contributed by atoms with Crippen LogP contribution in [0.1, 0.15) is 5.69 Å². The molecule has 0 fully saturated rings. The number of benzene rings is 1. The summed E-state index contributed by atoms with van der Waals surface area (Å²) in [6.45, 7) is 0.440. The second-order valence-electron chi connectivity index (χ2n) is 4.38. The van der Waals surface area contributed by atoms with Gasteiger partial charge in [0.25, 0.3) is 5.91 Å². The summed E-state index contributed by atoms with van der Waals surface area (Å²) in [7, 11) is 1.78. The molecule has 0 bridgehead atoms. The van der Waals surface area contributed by atoms with Gasteiger partial charge in [-0.15, -0.1) is 0 Å². The van der Waals surface area contributed by atoms with E-state index in [1.54, 1.807) is 24.3 Å². The Kier molecular flexibility index (Phi) is 3.20. The van der Waals surface area contributed by atoms with E-state index in [4.69, 9.17) is 4.74 Å². The zero-order valence-electron chi connectivity index (χ0n) is 11.0. The molecule has 6 nitrogen and oxygen atoms in total. The van der Waals surface area contributed by atoms with Gasteiger partial charge in [-0.2, -0.15) is 0 Å². The predicted octanol–water partition coefficient (Wildman–Crippen LogP) is 1.44. The van der Waals surface area contributed by atoms with E-state index in [9.17, 15) is 4.79 Å². The fourth-order valence-corrected chi connectivity index (χ4v) is 2.05. The first-order chi connectivity index (χ1) is 9.78. The number of carbonyl (C=O) groups excluding carboxylic acids is 1. The average molecular weight is 270 g/mol. The molecule has 20 heavy (non-hydrogen) atoms. The van der Waals surface area contributed by atoms with Crippen LogP contribution in [0.25, 0.3) is 0 Å². The number of ether oxygens (including phenoxy) is 1. The van der Waals surface area contributed by atoms with Crippen molar-refractivity contribution in [1.82, 2.24) is 9.97 Å². The number of amides is 1. The zero-order chi connectivity index (χ0) is 13.9. The molecule has 0 saturated heterocycles. The van der Waals surface area contributed by atoms with Gasteiger partial charge >= 0.3 is 0 Å². The van der Waals surface area contributed by atoms with Crippen molar-refractivity contribution in [1.29, 1.82) is 0 Å². The molecule has 0 unspecified atom stereocenters. The van der Waals surface area contributed by atoms with Crippen molar-refractivity contribution in [3.05, 3.63) is 42.4 Å². The summed E-state index contributed by atoms with van der Waals surface area (Å²) >= 11 is 0. The van der Waals surface area contributed by atoms with Crippen LogP contribution in [0.2, 0.25) is 0 Å². The third-order valence-electron chi connectivity index (χ3n) is 3.09. The largest absolute Gasteiger partial charge is 0.482 e. The van der Waals surface area contributed by atoms with E-state index in [2.05, 4.69) is 15.3 Å². The van der Waals surface area contributed by atoms with Gasteiger partial charge in [-0.3, -0.25) is 14.7 Å². The number of aromatic nitrogens is 2. The molecule has 1 N–H and O–H groups in total. The number of fused-ring (bicyclic) bond motifs is 1. The topological polar surface area (TPSA) is 67.4 Å². The van der Waals surface area contributed by atoms with E-state index in [1.165, 1.54) is 0 Å². The first-order valence-electron chi connectivity index (χ1n) is 6.29. The summed E-state index contributed by atoms with van der Waals surface area (Å²) < 4.78 is 5.40. The third kappa shape index (κ3) is 2.27. The summed E-state index contributed by atoms with van der Waals surface area (Å²) in [4.78, 5) is 22.2. The summed E-state index contributed by atoms with van der Waals surface area (Å²) in [5.74, 6) is 1.33. The lowest BCUT2D eigenvalue weighted by Crippen LogP contribution is -2.38. The number of nitrogens with zero attached hydrogens (tertiary/aromatic N) is 3. The lowest BCUT2D eigenvalue weighted by molar-refractivity contribution is -0.121. The number of hydrogen-bond acceptors (Lipinski definition) is 5. The summed E-state index contributed by atoms with van der Waals surface area (Å²) in [5.41, 5.74) is 1.50. The van der Waals surface area contributed by atoms with Crippen LogP contribution in [-0.4, -0.2) is 29.5 Å². The van der Waals surface area contributed by atoms with Crippen molar-refractivity contribution in [2.24, 2.45) is 0 Å². The van der Waals surface area contributed by atoms with Crippen LogP contribution in [0.4, 0.5) is 11.5 Å². The van der Waals surface area contributed by atoms with E-state index in [0.29, 0.717) is 18.1 Å². The Hall–Kier alpha value is -2.63. The molecule has 0 saturated carbocycles. The Labute approximate surface area is 116 Å². The summed E-state index contributed by atoms with van der Waals surface area (Å²) in [6.07, 6.45) is 3.31. The quantitative estimate of drug-likeness (QED) is 0.914. The maximum Gasteiger partial charge on any atom is 0.265 e. The Morgan fingerprint density at radius 1 is 1.30 bits per heavy atom. The second kappa shape index (κ2) is 5.16. The molecule has 102 valence electrons. The van der Waals surface area contributed by atoms with E-state index in [1.807, 2.05) is 24.3 Å². The Balaban J connectivity index is 1.87. The molecule has 6 heteroatoms. The monoisotopic (exact) mass is 270 g/mol. The van der Waals surface area contributed by atoms with Crippen LogP contribution >= 0.6 is 0 Å². The Morgan fingerprint density at radius 2 is 2.15 bits per heavy atom. The van der Waals surface area contributed by atoms with Crippen LogP contribution in [0.3, 0.4) is 0 Å². The van der Waals surface area contributed by atoms with Gasteiger partial charge in [0.05, 0.1) is 30.3 Å². The van der Waals surface area contributed by atoms with Gasteiger partial charge in [0, 0.05) is 7.05 Å². The zero-order valence-corrected chi connectivity index (χ0v) is 11.0. The molecule has 3 rings (SSSR count). The van der Waals surface area contributed by atoms with Gasteiger partial charge in [0.2, 0.25) is 0 Å². The molecule has 1 aromatic carbocycles. The van der Waals surface area contributed by atoms with Crippen molar-refractivity contribution < 1.29 is 9.53 Å². The molecule has 1 aromatic heterocycles. The van der Waals surface area contributed by atoms with Crippen LogP contribution in [-0.2, 0) is 11.3 Å². The van der Waals surface area contributed by atoms with Crippen molar-refractivity contribution in [3.8, 4) is 5.75 Å². The SMILES string of the molecule is CNc1cnc(CN2C(=O)COc3ccccc32)cn1. The van der Waals surface area contributed by atoms with E-state index in [-0.39, 0.29) is 12.5 Å². The highest BCUT2D eigenvalue weighted by molar-refractivity contribution is 5.97. The second-order valence-corrected chi connectivity index (χ2v) is 4.38. The standard InChI is InChI=1S/C14H14N4O2/c1-15-13-7-16-10(6-17-13)8-18-11-4-2-3-5-12(11)20-9-14(18)19/h2-7H,8-9H2,1H3,(H,15,17). The number of nitrogens with one attached hydrogen (secondary N) is 1. The number of hydrogen-bond donors (Lipinski definition) is 1. The van der Waals surface area contributed by atoms with Crippen molar-refractivity contribution in [2.75, 3.05) is 23.9 Å². The normalized spacial score (nSPS) is 13.7. The van der Waals surface area contributed by atoms with E-state index in [0.717, 1.165) is 11.4 Å². The van der Waals surface area contributed by atoms with Crippen LogP contribution < -0.4 is 15.0 Å². The van der Waals surface area contributed by atoms with Gasteiger partial charge in [-0.05, 0) is 12.1 Å². The van der Waals surface area contributed by atoms with Crippen molar-refractivity contribution >= 4 is 17.4 Å². The van der Waals surface area contributed by atoms with Crippen LogP contribution in [0.15, 0.2) is 36.7 Å². The summed E-state index contributed by atoms with van der Waals surface area (Å²) in [6, 6.07) is 7.48. The fourth-order valence-electron chi connectivity index (χ4n) is 2.05. The Morgan fingerprint density at radius 3 is 2.90 bits per heavy atom. The highest BCUT2D eigenvalue weighted by atomic mass is 16.5. The molecule has 1 amide bonds. The molecular weight excluding hydrogens is 256 g/mol. The molecule has 0 atom stereocenters. The van der Waals surface area contributed by atoms with Gasteiger partial charge in [-0.25, -0.2) is 4.98 Å². The predicted molar refractivity (Wildman–Crippen MR) is 74.7 cm³/mol. The Bertz CT molecular complexity index is 627. The van der Waals surface area contributed by atoms with E-state index >= 15 is 0 Å². The first-order valence-corrected chi connectivity index (χ1v) is 6.29. The van der Waals surface area contributed by atoms with Crippen molar-refractivity contribution in [2.45, 2.75) is 6.54 Å². The maximum atomic E-state index is 12.0. The molecule has 0 aliphatic carbocycles. The number of para-hydroxylation sites is 2. The molecule has 2 aromatic rings. The van der Waals surface area contributed by atoms with E-state index < -0.39 is 0 Å². The molecule has 1 aliphatic rings.